The van der Waals surface area contributed by atoms with Crippen molar-refractivity contribution < 1.29 is 23.9 Å². The van der Waals surface area contributed by atoms with E-state index >= 15 is 0 Å². The van der Waals surface area contributed by atoms with Crippen molar-refractivity contribution in [3.63, 3.8) is 0 Å². The van der Waals surface area contributed by atoms with Crippen molar-refractivity contribution in [2.75, 3.05) is 18.5 Å². The fourth-order valence-corrected chi connectivity index (χ4v) is 4.36. The Morgan fingerprint density at radius 1 is 1.00 bits per heavy atom. The second-order valence-electron chi connectivity index (χ2n) is 6.93. The Balaban J connectivity index is 1.52. The van der Waals surface area contributed by atoms with Crippen LogP contribution < -0.4 is 5.32 Å². The van der Waals surface area contributed by atoms with Crippen LogP contribution in [0.2, 0.25) is 0 Å². The SMILES string of the molecule is CCOC(=O)Cc1sc(NC(=O)CN2C(=O)c3ccccc3C2=O)nc1-c1ccccc1. The molecule has 2 aromatic carbocycles. The molecule has 0 spiro atoms. The van der Waals surface area contributed by atoms with Gasteiger partial charge in [-0.15, -0.1) is 11.3 Å². The first-order valence-electron chi connectivity index (χ1n) is 9.93. The molecule has 8 nitrogen and oxygen atoms in total. The van der Waals surface area contributed by atoms with Gasteiger partial charge in [-0.2, -0.15) is 0 Å². The maximum atomic E-state index is 12.6. The molecule has 3 amide bonds. The Bertz CT molecular complexity index is 1170. The normalized spacial score (nSPS) is 12.6. The number of anilines is 1. The third-order valence-electron chi connectivity index (χ3n) is 4.78. The summed E-state index contributed by atoms with van der Waals surface area (Å²) < 4.78 is 5.04. The average Bonchev–Trinajstić information content (AvgIpc) is 3.28. The zero-order valence-corrected chi connectivity index (χ0v) is 18.0. The largest absolute Gasteiger partial charge is 0.466 e. The van der Waals surface area contributed by atoms with Gasteiger partial charge < -0.3 is 10.1 Å². The molecule has 0 saturated carbocycles. The van der Waals surface area contributed by atoms with E-state index in [1.807, 2.05) is 30.3 Å². The summed E-state index contributed by atoms with van der Waals surface area (Å²) in [5, 5.41) is 2.91. The van der Waals surface area contributed by atoms with E-state index < -0.39 is 30.2 Å². The fourth-order valence-electron chi connectivity index (χ4n) is 3.37. The van der Waals surface area contributed by atoms with Crippen LogP contribution in [0.4, 0.5) is 5.13 Å². The molecule has 1 aliphatic rings. The highest BCUT2D eigenvalue weighted by Gasteiger charge is 2.36. The number of rotatable bonds is 7. The summed E-state index contributed by atoms with van der Waals surface area (Å²) in [5.74, 6) is -1.96. The number of thiazole rings is 1. The van der Waals surface area contributed by atoms with Crippen LogP contribution in [0.3, 0.4) is 0 Å². The van der Waals surface area contributed by atoms with Crippen molar-refractivity contribution in [3.8, 4) is 11.3 Å². The second-order valence-corrected chi connectivity index (χ2v) is 8.01. The number of carbonyl (C=O) groups excluding carboxylic acids is 4. The molecular formula is C23H19N3O5S. The van der Waals surface area contributed by atoms with Crippen LogP contribution in [0, 0.1) is 0 Å². The summed E-state index contributed by atoms with van der Waals surface area (Å²) in [6.07, 6.45) is 0.0179. The minimum absolute atomic E-state index is 0.0179. The molecule has 0 bridgehead atoms. The van der Waals surface area contributed by atoms with Gasteiger partial charge in [-0.25, -0.2) is 4.98 Å². The van der Waals surface area contributed by atoms with Crippen LogP contribution in [0.15, 0.2) is 54.6 Å². The summed E-state index contributed by atoms with van der Waals surface area (Å²) in [7, 11) is 0. The molecule has 0 radical (unpaired) electrons. The van der Waals surface area contributed by atoms with Crippen molar-refractivity contribution in [1.29, 1.82) is 0 Å². The van der Waals surface area contributed by atoms with E-state index in [1.54, 1.807) is 31.2 Å². The van der Waals surface area contributed by atoms with Crippen molar-refractivity contribution in [2.24, 2.45) is 0 Å². The van der Waals surface area contributed by atoms with Gasteiger partial charge in [0.05, 0.1) is 29.8 Å². The molecule has 2 heterocycles. The number of benzene rings is 2. The lowest BCUT2D eigenvalue weighted by Gasteiger charge is -2.12. The number of nitrogens with one attached hydrogen (secondary N) is 1. The number of esters is 1. The first-order chi connectivity index (χ1) is 15.5. The second kappa shape index (κ2) is 9.11. The van der Waals surface area contributed by atoms with Crippen LogP contribution in [0.25, 0.3) is 11.3 Å². The lowest BCUT2D eigenvalue weighted by Crippen LogP contribution is -2.37. The molecular weight excluding hydrogens is 430 g/mol. The van der Waals surface area contributed by atoms with Gasteiger partial charge in [0.15, 0.2) is 5.13 Å². The molecule has 1 aromatic heterocycles. The molecule has 32 heavy (non-hydrogen) atoms. The van der Waals surface area contributed by atoms with Crippen LogP contribution in [-0.2, 0) is 20.7 Å². The van der Waals surface area contributed by atoms with Crippen LogP contribution >= 0.6 is 11.3 Å². The highest BCUT2D eigenvalue weighted by molar-refractivity contribution is 7.16. The Morgan fingerprint density at radius 2 is 1.62 bits per heavy atom. The van der Waals surface area contributed by atoms with Gasteiger partial charge in [0.25, 0.3) is 11.8 Å². The van der Waals surface area contributed by atoms with Gasteiger partial charge in [-0.3, -0.25) is 24.1 Å². The first-order valence-corrected chi connectivity index (χ1v) is 10.8. The van der Waals surface area contributed by atoms with E-state index in [0.29, 0.717) is 10.6 Å². The molecule has 1 N–H and O–H groups in total. The Hall–Kier alpha value is -3.85. The molecule has 9 heteroatoms. The van der Waals surface area contributed by atoms with E-state index in [-0.39, 0.29) is 29.3 Å². The predicted octanol–water partition coefficient (Wildman–Crippen LogP) is 3.15. The number of amides is 3. The van der Waals surface area contributed by atoms with Gasteiger partial charge in [-0.05, 0) is 19.1 Å². The zero-order chi connectivity index (χ0) is 22.7. The number of ether oxygens (including phenoxy) is 1. The predicted molar refractivity (Wildman–Crippen MR) is 118 cm³/mol. The van der Waals surface area contributed by atoms with Crippen molar-refractivity contribution in [1.82, 2.24) is 9.88 Å². The number of nitrogens with zero attached hydrogens (tertiary/aromatic N) is 2. The molecule has 0 saturated heterocycles. The Kier molecular flexibility index (Phi) is 6.09. The fraction of sp³-hybridized carbons (Fsp3) is 0.174. The van der Waals surface area contributed by atoms with Crippen LogP contribution in [0.5, 0.6) is 0 Å². The maximum Gasteiger partial charge on any atom is 0.311 e. The smallest absolute Gasteiger partial charge is 0.311 e. The Labute approximate surface area is 187 Å². The number of hydrogen-bond acceptors (Lipinski definition) is 7. The molecule has 162 valence electrons. The summed E-state index contributed by atoms with van der Waals surface area (Å²) >= 11 is 1.15. The van der Waals surface area contributed by atoms with Crippen LogP contribution in [0.1, 0.15) is 32.5 Å². The van der Waals surface area contributed by atoms with E-state index in [0.717, 1.165) is 21.8 Å². The van der Waals surface area contributed by atoms with E-state index in [2.05, 4.69) is 10.3 Å². The molecule has 4 rings (SSSR count). The Morgan fingerprint density at radius 3 is 2.25 bits per heavy atom. The summed E-state index contributed by atoms with van der Waals surface area (Å²) in [4.78, 5) is 55.6. The van der Waals surface area contributed by atoms with Gasteiger partial charge in [0.2, 0.25) is 5.91 Å². The number of fused-ring (bicyclic) bond motifs is 1. The van der Waals surface area contributed by atoms with E-state index in [9.17, 15) is 19.2 Å². The van der Waals surface area contributed by atoms with Gasteiger partial charge in [0, 0.05) is 10.4 Å². The molecule has 0 aliphatic carbocycles. The van der Waals surface area contributed by atoms with Gasteiger partial charge in [-0.1, -0.05) is 42.5 Å². The number of hydrogen-bond donors (Lipinski definition) is 1. The lowest BCUT2D eigenvalue weighted by molar-refractivity contribution is -0.142. The zero-order valence-electron chi connectivity index (χ0n) is 17.2. The topological polar surface area (TPSA) is 106 Å². The third-order valence-corrected chi connectivity index (χ3v) is 5.75. The number of carbonyl (C=O) groups is 4. The summed E-state index contributed by atoms with van der Waals surface area (Å²) in [6.45, 7) is 1.57. The standard InChI is InChI=1S/C23H19N3O5S/c1-2-31-19(28)12-17-20(14-8-4-3-5-9-14)25-23(32-17)24-18(27)13-26-21(29)15-10-6-7-11-16(15)22(26)30/h3-11H,2,12-13H2,1H3,(H,24,25,27). The maximum absolute atomic E-state index is 12.6. The average molecular weight is 449 g/mol. The highest BCUT2D eigenvalue weighted by atomic mass is 32.1. The third kappa shape index (κ3) is 4.28. The van der Waals surface area contributed by atoms with Gasteiger partial charge >= 0.3 is 5.97 Å². The summed E-state index contributed by atoms with van der Waals surface area (Å²) in [5.41, 5.74) is 1.92. The highest BCUT2D eigenvalue weighted by Crippen LogP contribution is 2.32. The molecule has 0 atom stereocenters. The van der Waals surface area contributed by atoms with E-state index in [1.165, 1.54) is 0 Å². The van der Waals surface area contributed by atoms with Crippen molar-refractivity contribution in [3.05, 3.63) is 70.6 Å². The lowest BCUT2D eigenvalue weighted by atomic mass is 10.1. The summed E-state index contributed by atoms with van der Waals surface area (Å²) in [6, 6.07) is 15.7. The molecule has 3 aromatic rings. The number of aromatic nitrogens is 1. The van der Waals surface area contributed by atoms with Crippen molar-refractivity contribution >= 4 is 40.2 Å². The molecule has 1 aliphatic heterocycles. The quantitative estimate of drug-likeness (QED) is 0.439. The van der Waals surface area contributed by atoms with E-state index in [4.69, 9.17) is 4.74 Å². The first kappa shape index (κ1) is 21.4. The monoisotopic (exact) mass is 449 g/mol. The van der Waals surface area contributed by atoms with Gasteiger partial charge in [0.1, 0.15) is 6.54 Å². The number of imide groups is 1. The molecule has 0 fully saturated rings. The minimum atomic E-state index is -0.560. The molecule has 0 unspecified atom stereocenters. The minimum Gasteiger partial charge on any atom is -0.466 e. The van der Waals surface area contributed by atoms with Crippen LogP contribution in [-0.4, -0.2) is 46.7 Å². The van der Waals surface area contributed by atoms with Crippen molar-refractivity contribution in [2.45, 2.75) is 13.3 Å².